The largest absolute Gasteiger partial charge is 0.119 e. The van der Waals surface area contributed by atoms with Gasteiger partial charge < -0.3 is 0 Å². The zero-order valence-electron chi connectivity index (χ0n) is 5.91. The number of hydrogen-bond acceptors (Lipinski definition) is 0. The molecule has 0 aliphatic heterocycles. The summed E-state index contributed by atoms with van der Waals surface area (Å²) in [6.45, 7) is 6.82. The second-order valence-corrected chi connectivity index (χ2v) is 5.79. The van der Waals surface area contributed by atoms with E-state index in [-0.39, 0.29) is 0 Å². The van der Waals surface area contributed by atoms with Crippen LogP contribution in [-0.4, -0.2) is 17.3 Å². The Bertz CT molecular complexity index is 49.7. The van der Waals surface area contributed by atoms with E-state index in [1.807, 2.05) is 0 Å². The molecule has 0 saturated carbocycles. The average molecular weight is 119 g/mol. The van der Waals surface area contributed by atoms with Gasteiger partial charge in [-0.15, -0.1) is 0 Å². The van der Waals surface area contributed by atoms with Gasteiger partial charge in [-0.25, -0.2) is 0 Å². The zero-order valence-corrected chi connectivity index (χ0v) is 6.72. The summed E-state index contributed by atoms with van der Waals surface area (Å²) in [6, 6.07) is 0. The van der Waals surface area contributed by atoms with Crippen LogP contribution in [-0.2, 0) is 10.9 Å². The van der Waals surface area contributed by atoms with E-state index in [0.29, 0.717) is 15.6 Å². The first-order valence-electron chi connectivity index (χ1n) is 2.52. The first kappa shape index (κ1) is 7.35. The molecule has 0 aromatic rings. The summed E-state index contributed by atoms with van der Waals surface area (Å²) in [5.41, 5.74) is 0. The lowest BCUT2D eigenvalue weighted by molar-refractivity contribution is 0.796. The van der Waals surface area contributed by atoms with Gasteiger partial charge in [-0.05, 0) is 31.7 Å². The predicted molar refractivity (Wildman–Crippen MR) is 39.0 cm³/mol. The van der Waals surface area contributed by atoms with Crippen LogP contribution in [0.2, 0.25) is 0 Å². The Hall–Kier alpha value is 0.350. The fourth-order valence-electron chi connectivity index (χ4n) is 0. The highest BCUT2D eigenvalue weighted by Crippen LogP contribution is 2.12. The van der Waals surface area contributed by atoms with Gasteiger partial charge in [-0.2, -0.15) is 0 Å². The van der Waals surface area contributed by atoms with E-state index >= 15 is 0 Å². The van der Waals surface area contributed by atoms with Gasteiger partial charge in [0, 0.05) is 0 Å². The molecule has 0 aliphatic rings. The Morgan fingerprint density at radius 1 is 1.00 bits per heavy atom. The Labute approximate surface area is 49.7 Å². The molecule has 0 aromatic heterocycles. The Balaban J connectivity index is 3.54. The van der Waals surface area contributed by atoms with Crippen molar-refractivity contribution >= 4 is 10.9 Å². The molecule has 0 fully saturated rings. The molecule has 0 rings (SSSR count). The van der Waals surface area contributed by atoms with Crippen LogP contribution in [0.25, 0.3) is 0 Å². The minimum atomic E-state index is 0.528. The summed E-state index contributed by atoms with van der Waals surface area (Å²) in [7, 11) is 0.567. The van der Waals surface area contributed by atoms with Gasteiger partial charge in [-0.3, -0.25) is 0 Å². The van der Waals surface area contributed by atoms with Gasteiger partial charge in [0.2, 0.25) is 0 Å². The lowest BCUT2D eigenvalue weighted by atomic mass is 10.3. The lowest BCUT2D eigenvalue weighted by Gasteiger charge is -2.12. The topological polar surface area (TPSA) is 0 Å². The fourth-order valence-corrected chi connectivity index (χ4v) is 0. The molecule has 0 N–H and O–H groups in total. The molecule has 0 spiro atoms. The van der Waals surface area contributed by atoms with Crippen molar-refractivity contribution < 1.29 is 0 Å². The average Bonchev–Trinajstić information content (AvgIpc) is 1.31. The number of rotatable bonds is 0. The highest BCUT2D eigenvalue weighted by Gasteiger charge is 2.23. The molecule has 0 saturated heterocycles. The predicted octanol–water partition coefficient (Wildman–Crippen LogP) is 1.66. The van der Waals surface area contributed by atoms with Gasteiger partial charge in [0.25, 0.3) is 0 Å². The molecule has 0 aliphatic carbocycles. The van der Waals surface area contributed by atoms with E-state index in [1.54, 1.807) is 0 Å². The van der Waals surface area contributed by atoms with Crippen LogP contribution < -0.4 is 0 Å². The van der Waals surface area contributed by atoms with Crippen LogP contribution in [0.15, 0.2) is 0 Å². The fraction of sp³-hybridized carbons (Fsp3) is 1.00. The molecule has 0 heterocycles. The zero-order chi connectivity index (χ0) is 6.08. The standard InChI is InChI=1S/C6H15S/c1-6(2,3)7(4)5/h1-5H3/q+1. The molecule has 7 heavy (non-hydrogen) atoms. The monoisotopic (exact) mass is 119 g/mol. The van der Waals surface area contributed by atoms with Crippen molar-refractivity contribution in [2.45, 2.75) is 25.5 Å². The van der Waals surface area contributed by atoms with Crippen LogP contribution in [0.5, 0.6) is 0 Å². The summed E-state index contributed by atoms with van der Waals surface area (Å²) >= 11 is 0. The quantitative estimate of drug-likeness (QED) is 0.425. The van der Waals surface area contributed by atoms with Gasteiger partial charge >= 0.3 is 0 Å². The third kappa shape index (κ3) is 2.98. The van der Waals surface area contributed by atoms with Crippen molar-refractivity contribution in [3.63, 3.8) is 0 Å². The van der Waals surface area contributed by atoms with E-state index in [9.17, 15) is 0 Å². The summed E-state index contributed by atoms with van der Waals surface area (Å²) in [6.07, 6.45) is 4.56. The van der Waals surface area contributed by atoms with Gasteiger partial charge in [0.1, 0.15) is 4.75 Å². The minimum Gasteiger partial charge on any atom is -0.0147 e. The van der Waals surface area contributed by atoms with Crippen molar-refractivity contribution in [1.29, 1.82) is 0 Å². The minimum absolute atomic E-state index is 0.528. The van der Waals surface area contributed by atoms with Gasteiger partial charge in [0.05, 0.1) is 12.5 Å². The van der Waals surface area contributed by atoms with Crippen molar-refractivity contribution in [1.82, 2.24) is 0 Å². The molecule has 0 unspecified atom stereocenters. The van der Waals surface area contributed by atoms with Crippen molar-refractivity contribution in [3.8, 4) is 0 Å². The van der Waals surface area contributed by atoms with E-state index < -0.39 is 0 Å². The summed E-state index contributed by atoms with van der Waals surface area (Å²) in [4.78, 5) is 0. The third-order valence-corrected chi connectivity index (χ3v) is 3.67. The first-order chi connectivity index (χ1) is 2.94. The van der Waals surface area contributed by atoms with Crippen molar-refractivity contribution in [3.05, 3.63) is 0 Å². The molecular formula is C6H15S+. The highest BCUT2D eigenvalue weighted by atomic mass is 32.2. The molecule has 0 aromatic carbocycles. The summed E-state index contributed by atoms with van der Waals surface area (Å²) < 4.78 is 0.528. The third-order valence-electron chi connectivity index (χ3n) is 1.22. The second kappa shape index (κ2) is 2.08. The maximum Gasteiger partial charge on any atom is 0.119 e. The van der Waals surface area contributed by atoms with Crippen molar-refractivity contribution in [2.75, 3.05) is 12.5 Å². The van der Waals surface area contributed by atoms with Gasteiger partial charge in [-0.1, -0.05) is 0 Å². The molecule has 44 valence electrons. The van der Waals surface area contributed by atoms with E-state index in [2.05, 4.69) is 33.3 Å². The van der Waals surface area contributed by atoms with Crippen LogP contribution in [0.3, 0.4) is 0 Å². The van der Waals surface area contributed by atoms with Crippen LogP contribution in [0, 0.1) is 0 Å². The molecule has 0 nitrogen and oxygen atoms in total. The van der Waals surface area contributed by atoms with Crippen LogP contribution >= 0.6 is 0 Å². The Morgan fingerprint density at radius 3 is 1.14 bits per heavy atom. The van der Waals surface area contributed by atoms with E-state index in [4.69, 9.17) is 0 Å². The molecule has 1 heteroatoms. The maximum absolute atomic E-state index is 2.28. The SMILES string of the molecule is C[S+](C)C(C)(C)C. The molecule has 0 atom stereocenters. The van der Waals surface area contributed by atoms with Crippen molar-refractivity contribution in [2.24, 2.45) is 0 Å². The van der Waals surface area contributed by atoms with E-state index in [0.717, 1.165) is 0 Å². The summed E-state index contributed by atoms with van der Waals surface area (Å²) in [5.74, 6) is 0. The second-order valence-electron chi connectivity index (χ2n) is 2.93. The molecular weight excluding hydrogens is 104 g/mol. The Morgan fingerprint density at radius 2 is 1.14 bits per heavy atom. The maximum atomic E-state index is 2.28. The van der Waals surface area contributed by atoms with E-state index in [1.165, 1.54) is 0 Å². The Kier molecular flexibility index (Phi) is 2.18. The summed E-state index contributed by atoms with van der Waals surface area (Å²) in [5, 5.41) is 0. The van der Waals surface area contributed by atoms with Crippen LogP contribution in [0.4, 0.5) is 0 Å². The normalized spacial score (nSPS) is 12.9. The molecule has 0 radical (unpaired) electrons. The van der Waals surface area contributed by atoms with Gasteiger partial charge in [0.15, 0.2) is 0 Å². The highest BCUT2D eigenvalue weighted by molar-refractivity contribution is 7.96. The van der Waals surface area contributed by atoms with Crippen LogP contribution in [0.1, 0.15) is 20.8 Å². The smallest absolute Gasteiger partial charge is 0.0147 e. The number of hydrogen-bond donors (Lipinski definition) is 0. The molecule has 0 bridgehead atoms. The first-order valence-corrected chi connectivity index (χ1v) is 4.56. The lowest BCUT2D eigenvalue weighted by Crippen LogP contribution is -2.25. The molecule has 0 amide bonds.